The maximum absolute atomic E-state index is 11.6. The van der Waals surface area contributed by atoms with E-state index in [1.807, 2.05) is 0 Å². The van der Waals surface area contributed by atoms with E-state index in [9.17, 15) is 9.59 Å². The molecule has 0 spiro atoms. The number of aromatic carboxylic acids is 1. The van der Waals surface area contributed by atoms with Gasteiger partial charge in [-0.25, -0.2) is 4.79 Å². The number of carbonyl (C=O) groups is 2. The van der Waals surface area contributed by atoms with Crippen LogP contribution in [0.5, 0.6) is 0 Å². The molecule has 0 saturated heterocycles. The summed E-state index contributed by atoms with van der Waals surface area (Å²) in [5, 5.41) is 11.6. The summed E-state index contributed by atoms with van der Waals surface area (Å²) in [7, 11) is 0. The fraction of sp³-hybridized carbons (Fsp3) is 0.333. The molecule has 0 atom stereocenters. The fourth-order valence-corrected chi connectivity index (χ4v) is 1.45. The molecule has 1 saturated carbocycles. The lowest BCUT2D eigenvalue weighted by atomic mass is 10.1. The minimum atomic E-state index is -1.02. The zero-order chi connectivity index (χ0) is 11.5. The Labute approximate surface area is 93.3 Å². The van der Waals surface area contributed by atoms with Gasteiger partial charge in [0.25, 0.3) is 5.91 Å². The maximum Gasteiger partial charge on any atom is 0.335 e. The Balaban J connectivity index is 2.03. The molecule has 16 heavy (non-hydrogen) atoms. The van der Waals surface area contributed by atoms with E-state index in [1.165, 1.54) is 25.0 Å². The number of hydrogen-bond acceptors (Lipinski definition) is 2. The second-order valence-electron chi connectivity index (χ2n) is 4.04. The average molecular weight is 219 g/mol. The highest BCUT2D eigenvalue weighted by molar-refractivity contribution is 5.97. The largest absolute Gasteiger partial charge is 0.478 e. The van der Waals surface area contributed by atoms with Crippen LogP contribution >= 0.6 is 0 Å². The first-order valence-corrected chi connectivity index (χ1v) is 5.28. The van der Waals surface area contributed by atoms with E-state index in [4.69, 9.17) is 5.11 Å². The Morgan fingerprint density at radius 1 is 1.31 bits per heavy atom. The molecule has 0 bridgehead atoms. The van der Waals surface area contributed by atoms with Crippen molar-refractivity contribution >= 4 is 11.9 Å². The summed E-state index contributed by atoms with van der Waals surface area (Å²) in [5.41, 5.74) is 0.541. The summed E-state index contributed by atoms with van der Waals surface area (Å²) < 4.78 is 0. The van der Waals surface area contributed by atoms with Gasteiger partial charge in [0.1, 0.15) is 0 Å². The summed E-state index contributed by atoms with van der Waals surface area (Å²) in [5.74, 6) is -0.599. The minimum Gasteiger partial charge on any atom is -0.478 e. The fourth-order valence-electron chi connectivity index (χ4n) is 1.45. The lowest BCUT2D eigenvalue weighted by Gasteiger charge is -2.04. The quantitative estimate of drug-likeness (QED) is 0.806. The first-order chi connectivity index (χ1) is 7.66. The summed E-state index contributed by atoms with van der Waals surface area (Å²) >= 11 is 0. The highest BCUT2D eigenvalue weighted by atomic mass is 16.4. The van der Waals surface area contributed by atoms with Gasteiger partial charge in [0.05, 0.1) is 5.56 Å². The molecule has 1 aromatic rings. The van der Waals surface area contributed by atoms with Crippen molar-refractivity contribution in [2.45, 2.75) is 12.8 Å². The Hall–Kier alpha value is -1.84. The molecule has 1 aliphatic rings. The number of benzene rings is 1. The molecule has 4 heteroatoms. The van der Waals surface area contributed by atoms with E-state index in [0.29, 0.717) is 18.0 Å². The van der Waals surface area contributed by atoms with Crippen molar-refractivity contribution in [1.29, 1.82) is 0 Å². The Bertz CT molecular complexity index is 424. The second kappa shape index (κ2) is 4.35. The molecule has 84 valence electrons. The number of carboxylic acids is 1. The van der Waals surface area contributed by atoms with Crippen molar-refractivity contribution in [2.24, 2.45) is 5.92 Å². The molecule has 0 heterocycles. The van der Waals surface area contributed by atoms with Crippen molar-refractivity contribution in [3.05, 3.63) is 35.4 Å². The molecule has 0 unspecified atom stereocenters. The number of hydrogen-bond donors (Lipinski definition) is 2. The van der Waals surface area contributed by atoms with Crippen LogP contribution < -0.4 is 5.32 Å². The van der Waals surface area contributed by atoms with Crippen molar-refractivity contribution < 1.29 is 14.7 Å². The molecule has 0 aliphatic heterocycles. The van der Waals surface area contributed by atoms with E-state index in [-0.39, 0.29) is 11.5 Å². The number of amides is 1. The van der Waals surface area contributed by atoms with Gasteiger partial charge in [-0.1, -0.05) is 6.07 Å². The van der Waals surface area contributed by atoms with E-state index in [1.54, 1.807) is 12.1 Å². The number of rotatable bonds is 4. The average Bonchev–Trinajstić information content (AvgIpc) is 3.10. The molecule has 1 amide bonds. The van der Waals surface area contributed by atoms with Crippen LogP contribution in [0.25, 0.3) is 0 Å². The van der Waals surface area contributed by atoms with Crippen molar-refractivity contribution in [3.8, 4) is 0 Å². The highest BCUT2D eigenvalue weighted by Gasteiger charge is 2.21. The van der Waals surface area contributed by atoms with Gasteiger partial charge in [0.15, 0.2) is 0 Å². The number of nitrogens with one attached hydrogen (secondary N) is 1. The predicted molar refractivity (Wildman–Crippen MR) is 58.5 cm³/mol. The smallest absolute Gasteiger partial charge is 0.335 e. The third-order valence-corrected chi connectivity index (χ3v) is 2.62. The Kier molecular flexibility index (Phi) is 2.90. The Morgan fingerprint density at radius 2 is 2.00 bits per heavy atom. The van der Waals surface area contributed by atoms with Gasteiger partial charge in [0, 0.05) is 12.1 Å². The monoisotopic (exact) mass is 219 g/mol. The standard InChI is InChI=1S/C12H13NO3/c14-11(13-7-8-4-5-8)9-2-1-3-10(6-9)12(15)16/h1-3,6,8H,4-5,7H2,(H,13,14)(H,15,16). The topological polar surface area (TPSA) is 66.4 Å². The van der Waals surface area contributed by atoms with Gasteiger partial charge in [-0.05, 0) is 37.0 Å². The van der Waals surface area contributed by atoms with Crippen LogP contribution in [-0.2, 0) is 0 Å². The summed E-state index contributed by atoms with van der Waals surface area (Å²) in [4.78, 5) is 22.4. The van der Waals surface area contributed by atoms with Crippen molar-refractivity contribution in [2.75, 3.05) is 6.54 Å². The van der Waals surface area contributed by atoms with Crippen LogP contribution in [0.3, 0.4) is 0 Å². The van der Waals surface area contributed by atoms with Gasteiger partial charge >= 0.3 is 5.97 Å². The lowest BCUT2D eigenvalue weighted by molar-refractivity contribution is 0.0697. The zero-order valence-electron chi connectivity index (χ0n) is 8.77. The molecule has 0 aromatic heterocycles. The third kappa shape index (κ3) is 2.59. The first-order valence-electron chi connectivity index (χ1n) is 5.28. The first kappa shape index (κ1) is 10.7. The molecule has 2 rings (SSSR count). The molecule has 4 nitrogen and oxygen atoms in total. The number of carbonyl (C=O) groups excluding carboxylic acids is 1. The third-order valence-electron chi connectivity index (χ3n) is 2.62. The van der Waals surface area contributed by atoms with Crippen LogP contribution in [-0.4, -0.2) is 23.5 Å². The summed E-state index contributed by atoms with van der Waals surface area (Å²) in [6, 6.07) is 6.06. The molecular weight excluding hydrogens is 206 g/mol. The van der Waals surface area contributed by atoms with E-state index in [0.717, 1.165) is 0 Å². The number of carboxylic acid groups (broad SMARTS) is 1. The zero-order valence-corrected chi connectivity index (χ0v) is 8.77. The molecule has 0 radical (unpaired) electrons. The molecule has 1 fully saturated rings. The van der Waals surface area contributed by atoms with E-state index >= 15 is 0 Å². The van der Waals surface area contributed by atoms with Crippen LogP contribution in [0.1, 0.15) is 33.6 Å². The van der Waals surface area contributed by atoms with Crippen LogP contribution in [0, 0.1) is 5.92 Å². The maximum atomic E-state index is 11.6. The van der Waals surface area contributed by atoms with E-state index < -0.39 is 5.97 Å². The van der Waals surface area contributed by atoms with Gasteiger partial charge in [-0.3, -0.25) is 4.79 Å². The molecule has 1 aromatic carbocycles. The summed E-state index contributed by atoms with van der Waals surface area (Å²) in [6.07, 6.45) is 2.35. The van der Waals surface area contributed by atoms with Gasteiger partial charge in [0.2, 0.25) is 0 Å². The molecule has 1 aliphatic carbocycles. The van der Waals surface area contributed by atoms with Crippen molar-refractivity contribution in [3.63, 3.8) is 0 Å². The minimum absolute atomic E-state index is 0.138. The van der Waals surface area contributed by atoms with Crippen LogP contribution in [0.4, 0.5) is 0 Å². The predicted octanol–water partition coefficient (Wildman–Crippen LogP) is 1.52. The lowest BCUT2D eigenvalue weighted by Crippen LogP contribution is -2.25. The normalized spacial score (nSPS) is 14.5. The molecule has 2 N–H and O–H groups in total. The van der Waals surface area contributed by atoms with Gasteiger partial charge in [-0.2, -0.15) is 0 Å². The van der Waals surface area contributed by atoms with Crippen molar-refractivity contribution in [1.82, 2.24) is 5.32 Å². The van der Waals surface area contributed by atoms with Gasteiger partial charge < -0.3 is 10.4 Å². The van der Waals surface area contributed by atoms with Gasteiger partial charge in [-0.15, -0.1) is 0 Å². The highest BCUT2D eigenvalue weighted by Crippen LogP contribution is 2.27. The molecular formula is C12H13NO3. The van der Waals surface area contributed by atoms with Crippen LogP contribution in [0.15, 0.2) is 24.3 Å². The Morgan fingerprint density at radius 3 is 2.62 bits per heavy atom. The SMILES string of the molecule is O=C(O)c1cccc(C(=O)NCC2CC2)c1. The second-order valence-corrected chi connectivity index (χ2v) is 4.04. The van der Waals surface area contributed by atoms with E-state index in [2.05, 4.69) is 5.32 Å². The summed E-state index contributed by atoms with van der Waals surface area (Å²) in [6.45, 7) is 0.691. The van der Waals surface area contributed by atoms with Crippen LogP contribution in [0.2, 0.25) is 0 Å².